The van der Waals surface area contributed by atoms with E-state index in [1.807, 2.05) is 54.5 Å². The van der Waals surface area contributed by atoms with Crippen molar-refractivity contribution in [1.82, 2.24) is 15.2 Å². The molecule has 2 amide bonds. The van der Waals surface area contributed by atoms with Gasteiger partial charge in [-0.3, -0.25) is 9.59 Å². The molecule has 132 valence electrons. The monoisotopic (exact) mass is 357 g/mol. The number of carbonyl (C=O) groups is 2. The first-order valence-corrected chi connectivity index (χ1v) is 9.47. The van der Waals surface area contributed by atoms with Crippen LogP contribution in [-0.4, -0.2) is 40.8 Å². The predicted octanol–water partition coefficient (Wildman–Crippen LogP) is 2.73. The van der Waals surface area contributed by atoms with Crippen LogP contribution in [0.4, 0.5) is 0 Å². The van der Waals surface area contributed by atoms with Crippen LogP contribution in [-0.2, 0) is 16.0 Å². The number of hydrogen-bond acceptors (Lipinski definition) is 4. The zero-order valence-corrected chi connectivity index (χ0v) is 15.4. The fourth-order valence-corrected chi connectivity index (χ4v) is 3.86. The average molecular weight is 357 g/mol. The van der Waals surface area contributed by atoms with Crippen LogP contribution >= 0.6 is 11.3 Å². The van der Waals surface area contributed by atoms with E-state index in [9.17, 15) is 9.59 Å². The van der Waals surface area contributed by atoms with Gasteiger partial charge in [0.05, 0.1) is 12.1 Å². The van der Waals surface area contributed by atoms with Crippen LogP contribution in [0.15, 0.2) is 35.7 Å². The minimum atomic E-state index is -0.0413. The van der Waals surface area contributed by atoms with Crippen molar-refractivity contribution in [2.24, 2.45) is 5.92 Å². The van der Waals surface area contributed by atoms with Crippen molar-refractivity contribution < 1.29 is 9.59 Å². The highest BCUT2D eigenvalue weighted by Crippen LogP contribution is 2.23. The van der Waals surface area contributed by atoms with Gasteiger partial charge in [0, 0.05) is 42.4 Å². The molecule has 6 heteroatoms. The fraction of sp³-hybridized carbons (Fsp3) is 0.421. The van der Waals surface area contributed by atoms with Gasteiger partial charge >= 0.3 is 0 Å². The summed E-state index contributed by atoms with van der Waals surface area (Å²) in [5.74, 6) is 0.343. The molecule has 0 aliphatic carbocycles. The third-order valence-electron chi connectivity index (χ3n) is 4.36. The van der Waals surface area contributed by atoms with E-state index in [1.54, 1.807) is 11.3 Å². The van der Waals surface area contributed by atoms with Gasteiger partial charge in [-0.05, 0) is 13.8 Å². The van der Waals surface area contributed by atoms with Crippen LogP contribution in [0, 0.1) is 5.92 Å². The van der Waals surface area contributed by atoms with Gasteiger partial charge in [-0.15, -0.1) is 11.3 Å². The maximum absolute atomic E-state index is 12.2. The van der Waals surface area contributed by atoms with Crippen molar-refractivity contribution in [1.29, 1.82) is 0 Å². The van der Waals surface area contributed by atoms with Crippen molar-refractivity contribution in [2.45, 2.75) is 32.7 Å². The molecule has 0 radical (unpaired) electrons. The number of nitrogens with one attached hydrogen (secondary N) is 1. The van der Waals surface area contributed by atoms with Crippen LogP contribution in [0.1, 0.15) is 26.0 Å². The van der Waals surface area contributed by atoms with Crippen molar-refractivity contribution >= 4 is 23.2 Å². The van der Waals surface area contributed by atoms with Crippen molar-refractivity contribution in [3.63, 3.8) is 0 Å². The molecule has 0 spiro atoms. The molecule has 0 unspecified atom stereocenters. The molecule has 1 aliphatic heterocycles. The second kappa shape index (κ2) is 7.78. The lowest BCUT2D eigenvalue weighted by atomic mass is 10.1. The quantitative estimate of drug-likeness (QED) is 0.865. The van der Waals surface area contributed by atoms with Crippen LogP contribution < -0.4 is 5.32 Å². The number of thiazole rings is 1. The lowest BCUT2D eigenvalue weighted by Gasteiger charge is -2.21. The summed E-state index contributed by atoms with van der Waals surface area (Å²) in [4.78, 5) is 30.5. The van der Waals surface area contributed by atoms with Gasteiger partial charge in [-0.2, -0.15) is 0 Å². The Balaban J connectivity index is 1.49. The largest absolute Gasteiger partial charge is 0.355 e. The van der Waals surface area contributed by atoms with E-state index < -0.39 is 0 Å². The molecule has 25 heavy (non-hydrogen) atoms. The third kappa shape index (κ3) is 4.45. The van der Waals surface area contributed by atoms with E-state index in [4.69, 9.17) is 0 Å². The molecule has 1 N–H and O–H groups in total. The Hall–Kier alpha value is -2.21. The second-order valence-electron chi connectivity index (χ2n) is 6.70. The molecule has 1 fully saturated rings. The molecular formula is C19H23N3O2S. The maximum Gasteiger partial charge on any atom is 0.226 e. The number of aromatic nitrogens is 1. The third-order valence-corrected chi connectivity index (χ3v) is 5.30. The summed E-state index contributed by atoms with van der Waals surface area (Å²) in [6.45, 7) is 5.31. The SMILES string of the molecule is CC(C)N1C[C@@H](CNC(=O)Cc2csc(-c3ccccc3)n2)CC1=O. The van der Waals surface area contributed by atoms with E-state index in [-0.39, 0.29) is 30.2 Å². The normalized spacial score (nSPS) is 17.3. The van der Waals surface area contributed by atoms with Crippen LogP contribution in [0.25, 0.3) is 10.6 Å². The molecule has 2 heterocycles. The fourth-order valence-electron chi connectivity index (χ4n) is 3.03. The number of benzene rings is 1. The summed E-state index contributed by atoms with van der Waals surface area (Å²) in [5.41, 5.74) is 1.85. The number of amides is 2. The first-order chi connectivity index (χ1) is 12.0. The van der Waals surface area contributed by atoms with E-state index in [1.165, 1.54) is 0 Å². The molecule has 0 bridgehead atoms. The lowest BCUT2D eigenvalue weighted by molar-refractivity contribution is -0.129. The van der Waals surface area contributed by atoms with Gasteiger partial charge in [0.15, 0.2) is 0 Å². The average Bonchev–Trinajstić information content (AvgIpc) is 3.20. The highest BCUT2D eigenvalue weighted by atomic mass is 32.1. The Morgan fingerprint density at radius 1 is 1.36 bits per heavy atom. The second-order valence-corrected chi connectivity index (χ2v) is 7.56. The van der Waals surface area contributed by atoms with Gasteiger partial charge in [0.1, 0.15) is 5.01 Å². The number of likely N-dealkylation sites (tertiary alicyclic amines) is 1. The smallest absolute Gasteiger partial charge is 0.226 e. The van der Waals surface area contributed by atoms with E-state index in [2.05, 4.69) is 10.3 Å². The van der Waals surface area contributed by atoms with Gasteiger partial charge in [0.2, 0.25) is 11.8 Å². The zero-order valence-electron chi connectivity index (χ0n) is 14.6. The Morgan fingerprint density at radius 2 is 2.12 bits per heavy atom. The maximum atomic E-state index is 12.2. The molecule has 3 rings (SSSR count). The number of nitrogens with zero attached hydrogens (tertiary/aromatic N) is 2. The highest BCUT2D eigenvalue weighted by molar-refractivity contribution is 7.13. The topological polar surface area (TPSA) is 62.3 Å². The van der Waals surface area contributed by atoms with Crippen LogP contribution in [0.3, 0.4) is 0 Å². The standard InChI is InChI=1S/C19H23N3O2S/c1-13(2)22-11-14(8-18(22)24)10-20-17(23)9-16-12-25-19(21-16)15-6-4-3-5-7-15/h3-7,12-14H,8-11H2,1-2H3,(H,20,23)/t14-/m1/s1. The molecule has 1 atom stereocenters. The molecule has 2 aromatic rings. The van der Waals surface area contributed by atoms with E-state index >= 15 is 0 Å². The summed E-state index contributed by atoms with van der Waals surface area (Å²) >= 11 is 1.55. The van der Waals surface area contributed by atoms with Gasteiger partial charge in [-0.1, -0.05) is 30.3 Å². The molecule has 0 saturated carbocycles. The summed E-state index contributed by atoms with van der Waals surface area (Å²) in [6.07, 6.45) is 0.797. The minimum Gasteiger partial charge on any atom is -0.355 e. The predicted molar refractivity (Wildman–Crippen MR) is 99.2 cm³/mol. The molecular weight excluding hydrogens is 334 g/mol. The van der Waals surface area contributed by atoms with Gasteiger partial charge in [0.25, 0.3) is 0 Å². The highest BCUT2D eigenvalue weighted by Gasteiger charge is 2.31. The van der Waals surface area contributed by atoms with Crippen molar-refractivity contribution in [2.75, 3.05) is 13.1 Å². The summed E-state index contributed by atoms with van der Waals surface area (Å²) in [6, 6.07) is 10.2. The first-order valence-electron chi connectivity index (χ1n) is 8.59. The Labute approximate surface area is 152 Å². The molecule has 1 aromatic heterocycles. The van der Waals surface area contributed by atoms with E-state index in [0.29, 0.717) is 13.0 Å². The first kappa shape index (κ1) is 17.6. The Morgan fingerprint density at radius 3 is 2.80 bits per heavy atom. The van der Waals surface area contributed by atoms with Crippen molar-refractivity contribution in [3.05, 3.63) is 41.4 Å². The number of carbonyl (C=O) groups excluding carboxylic acids is 2. The molecule has 1 aliphatic rings. The molecule has 1 aromatic carbocycles. The minimum absolute atomic E-state index is 0.0413. The molecule has 5 nitrogen and oxygen atoms in total. The van der Waals surface area contributed by atoms with Gasteiger partial charge in [-0.25, -0.2) is 4.98 Å². The molecule has 1 saturated heterocycles. The number of hydrogen-bond donors (Lipinski definition) is 1. The Kier molecular flexibility index (Phi) is 5.48. The van der Waals surface area contributed by atoms with E-state index in [0.717, 1.165) is 22.8 Å². The van der Waals surface area contributed by atoms with Crippen LogP contribution in [0.2, 0.25) is 0 Å². The zero-order chi connectivity index (χ0) is 17.8. The van der Waals surface area contributed by atoms with Gasteiger partial charge < -0.3 is 10.2 Å². The van der Waals surface area contributed by atoms with Crippen LogP contribution in [0.5, 0.6) is 0 Å². The summed E-state index contributed by atoms with van der Waals surface area (Å²) < 4.78 is 0. The summed E-state index contributed by atoms with van der Waals surface area (Å²) in [5, 5.41) is 5.81. The summed E-state index contributed by atoms with van der Waals surface area (Å²) in [7, 11) is 0. The van der Waals surface area contributed by atoms with Crippen molar-refractivity contribution in [3.8, 4) is 10.6 Å². The number of rotatable bonds is 6. The lowest BCUT2D eigenvalue weighted by Crippen LogP contribution is -2.34. The Bertz CT molecular complexity index is 742.